The third-order valence-corrected chi connectivity index (χ3v) is 3.45. The average Bonchev–Trinajstić information content (AvgIpc) is 2.34. The Morgan fingerprint density at radius 1 is 1.29 bits per heavy atom. The summed E-state index contributed by atoms with van der Waals surface area (Å²) in [5.41, 5.74) is 0. The van der Waals surface area contributed by atoms with Crippen molar-refractivity contribution in [2.45, 2.75) is 32.6 Å². The molecular weight excluding hydrogens is 214 g/mol. The van der Waals surface area contributed by atoms with Gasteiger partial charge in [0.05, 0.1) is 0 Å². The fourth-order valence-corrected chi connectivity index (χ4v) is 2.14. The summed E-state index contributed by atoms with van der Waals surface area (Å²) in [5.74, 6) is 1.05. The predicted octanol–water partition coefficient (Wildman–Crippen LogP) is 0.834. The Morgan fingerprint density at radius 3 is 2.65 bits per heavy atom. The number of hydrogen-bond acceptors (Lipinski definition) is 3. The summed E-state index contributed by atoms with van der Waals surface area (Å²) in [5, 5.41) is 5.94. The van der Waals surface area contributed by atoms with Gasteiger partial charge in [-0.2, -0.15) is 0 Å². The number of piperidine rings is 1. The van der Waals surface area contributed by atoms with Crippen LogP contribution in [0.3, 0.4) is 0 Å². The highest BCUT2D eigenvalue weighted by Crippen LogP contribution is 2.15. The highest BCUT2D eigenvalue weighted by atomic mass is 16.1. The van der Waals surface area contributed by atoms with E-state index in [0.29, 0.717) is 6.42 Å². The van der Waals surface area contributed by atoms with E-state index in [2.05, 4.69) is 22.5 Å². The second-order valence-electron chi connectivity index (χ2n) is 5.08. The minimum Gasteiger partial charge on any atom is -0.356 e. The molecule has 4 heteroatoms. The number of nitrogens with zero attached hydrogens (tertiary/aromatic N) is 1. The topological polar surface area (TPSA) is 44.4 Å². The van der Waals surface area contributed by atoms with Crippen molar-refractivity contribution < 1.29 is 4.79 Å². The van der Waals surface area contributed by atoms with Crippen LogP contribution in [-0.4, -0.2) is 50.6 Å². The van der Waals surface area contributed by atoms with E-state index in [-0.39, 0.29) is 5.91 Å². The molecule has 0 aromatic carbocycles. The maximum atomic E-state index is 11.3. The maximum Gasteiger partial charge on any atom is 0.221 e. The molecule has 1 heterocycles. The lowest BCUT2D eigenvalue weighted by atomic mass is 9.99. The Hall–Kier alpha value is -0.610. The number of rotatable bonds is 7. The molecule has 0 atom stereocenters. The molecular formula is C13H27N3O. The molecule has 0 aliphatic carbocycles. The van der Waals surface area contributed by atoms with Gasteiger partial charge < -0.3 is 15.5 Å². The van der Waals surface area contributed by atoms with Crippen molar-refractivity contribution >= 4 is 5.91 Å². The van der Waals surface area contributed by atoms with Gasteiger partial charge in [0.1, 0.15) is 0 Å². The monoisotopic (exact) mass is 241 g/mol. The number of amides is 1. The van der Waals surface area contributed by atoms with Gasteiger partial charge in [0.2, 0.25) is 5.91 Å². The number of carbonyl (C=O) groups excluding carboxylic acids is 1. The van der Waals surface area contributed by atoms with Crippen LogP contribution in [0.2, 0.25) is 0 Å². The highest BCUT2D eigenvalue weighted by Gasteiger charge is 2.14. The van der Waals surface area contributed by atoms with Gasteiger partial charge in [-0.25, -0.2) is 0 Å². The van der Waals surface area contributed by atoms with Gasteiger partial charge >= 0.3 is 0 Å². The van der Waals surface area contributed by atoms with Crippen molar-refractivity contribution in [1.29, 1.82) is 0 Å². The Labute approximate surface area is 105 Å². The molecule has 1 aliphatic heterocycles. The molecule has 100 valence electrons. The highest BCUT2D eigenvalue weighted by molar-refractivity contribution is 5.75. The van der Waals surface area contributed by atoms with E-state index in [9.17, 15) is 4.79 Å². The molecule has 0 unspecified atom stereocenters. The molecule has 1 aliphatic rings. The quantitative estimate of drug-likeness (QED) is 0.649. The maximum absolute atomic E-state index is 11.3. The zero-order valence-corrected chi connectivity index (χ0v) is 11.3. The average molecular weight is 241 g/mol. The SMILES string of the molecule is CNCCC(=O)NCCCN1CCC(C)CC1. The first-order valence-corrected chi connectivity index (χ1v) is 6.86. The third-order valence-electron chi connectivity index (χ3n) is 3.45. The summed E-state index contributed by atoms with van der Waals surface area (Å²) in [6.45, 7) is 7.49. The van der Waals surface area contributed by atoms with E-state index in [1.54, 1.807) is 0 Å². The minimum absolute atomic E-state index is 0.159. The van der Waals surface area contributed by atoms with E-state index in [1.807, 2.05) is 7.05 Å². The number of nitrogens with one attached hydrogen (secondary N) is 2. The van der Waals surface area contributed by atoms with E-state index >= 15 is 0 Å². The van der Waals surface area contributed by atoms with Crippen molar-refractivity contribution in [1.82, 2.24) is 15.5 Å². The molecule has 0 saturated carbocycles. The number of carbonyl (C=O) groups is 1. The van der Waals surface area contributed by atoms with E-state index in [1.165, 1.54) is 25.9 Å². The van der Waals surface area contributed by atoms with Gasteiger partial charge in [-0.05, 0) is 51.9 Å². The van der Waals surface area contributed by atoms with Crippen LogP contribution in [0.1, 0.15) is 32.6 Å². The van der Waals surface area contributed by atoms with Crippen molar-refractivity contribution in [3.63, 3.8) is 0 Å². The first-order chi connectivity index (χ1) is 8.22. The Balaban J connectivity index is 1.95. The Morgan fingerprint density at radius 2 is 2.00 bits per heavy atom. The Bertz CT molecular complexity index is 213. The fraction of sp³-hybridized carbons (Fsp3) is 0.923. The van der Waals surface area contributed by atoms with Crippen LogP contribution in [0, 0.1) is 5.92 Å². The van der Waals surface area contributed by atoms with Crippen molar-refractivity contribution in [3.05, 3.63) is 0 Å². The van der Waals surface area contributed by atoms with Gasteiger partial charge in [-0.1, -0.05) is 6.92 Å². The molecule has 0 radical (unpaired) electrons. The largest absolute Gasteiger partial charge is 0.356 e. The van der Waals surface area contributed by atoms with Gasteiger partial charge in [0.15, 0.2) is 0 Å². The minimum atomic E-state index is 0.159. The smallest absolute Gasteiger partial charge is 0.221 e. The zero-order chi connectivity index (χ0) is 12.5. The van der Waals surface area contributed by atoms with Crippen molar-refractivity contribution in [2.75, 3.05) is 39.8 Å². The van der Waals surface area contributed by atoms with Crippen LogP contribution in [-0.2, 0) is 4.79 Å². The lowest BCUT2D eigenvalue weighted by Gasteiger charge is -2.30. The molecule has 0 aromatic heterocycles. The van der Waals surface area contributed by atoms with Crippen LogP contribution in [0.15, 0.2) is 0 Å². The van der Waals surface area contributed by atoms with Gasteiger partial charge in [-0.15, -0.1) is 0 Å². The lowest BCUT2D eigenvalue weighted by Crippen LogP contribution is -2.35. The third kappa shape index (κ3) is 6.64. The van der Waals surface area contributed by atoms with Crippen LogP contribution in [0.25, 0.3) is 0 Å². The van der Waals surface area contributed by atoms with E-state index < -0.39 is 0 Å². The van der Waals surface area contributed by atoms with Crippen LogP contribution in [0.4, 0.5) is 0 Å². The first kappa shape index (κ1) is 14.5. The second kappa shape index (κ2) is 8.48. The van der Waals surface area contributed by atoms with Gasteiger partial charge in [0, 0.05) is 19.5 Å². The number of likely N-dealkylation sites (tertiary alicyclic amines) is 1. The summed E-state index contributed by atoms with van der Waals surface area (Å²) >= 11 is 0. The summed E-state index contributed by atoms with van der Waals surface area (Å²) in [6.07, 6.45) is 4.31. The predicted molar refractivity (Wildman–Crippen MR) is 71.0 cm³/mol. The van der Waals surface area contributed by atoms with Crippen molar-refractivity contribution in [2.24, 2.45) is 5.92 Å². The Kier molecular flexibility index (Phi) is 7.21. The summed E-state index contributed by atoms with van der Waals surface area (Å²) < 4.78 is 0. The van der Waals surface area contributed by atoms with E-state index in [4.69, 9.17) is 0 Å². The number of hydrogen-bond donors (Lipinski definition) is 2. The lowest BCUT2D eigenvalue weighted by molar-refractivity contribution is -0.121. The summed E-state index contributed by atoms with van der Waals surface area (Å²) in [4.78, 5) is 13.8. The summed E-state index contributed by atoms with van der Waals surface area (Å²) in [6, 6.07) is 0. The van der Waals surface area contributed by atoms with Crippen LogP contribution in [0.5, 0.6) is 0 Å². The molecule has 17 heavy (non-hydrogen) atoms. The molecule has 0 spiro atoms. The molecule has 1 fully saturated rings. The standard InChI is InChI=1S/C13H27N3O/c1-12-5-10-16(11-6-12)9-3-7-15-13(17)4-8-14-2/h12,14H,3-11H2,1-2H3,(H,15,17). The first-order valence-electron chi connectivity index (χ1n) is 6.86. The van der Waals surface area contributed by atoms with Crippen molar-refractivity contribution in [3.8, 4) is 0 Å². The summed E-state index contributed by atoms with van der Waals surface area (Å²) in [7, 11) is 1.87. The molecule has 0 aromatic rings. The normalized spacial score (nSPS) is 18.2. The molecule has 1 rings (SSSR count). The van der Waals surface area contributed by atoms with Gasteiger partial charge in [-0.3, -0.25) is 4.79 Å². The van der Waals surface area contributed by atoms with Crippen LogP contribution < -0.4 is 10.6 Å². The second-order valence-corrected chi connectivity index (χ2v) is 5.08. The molecule has 0 bridgehead atoms. The fourth-order valence-electron chi connectivity index (χ4n) is 2.14. The van der Waals surface area contributed by atoms with E-state index in [0.717, 1.165) is 32.0 Å². The van der Waals surface area contributed by atoms with Gasteiger partial charge in [0.25, 0.3) is 0 Å². The molecule has 2 N–H and O–H groups in total. The molecule has 1 saturated heterocycles. The molecule has 1 amide bonds. The molecule has 4 nitrogen and oxygen atoms in total. The zero-order valence-electron chi connectivity index (χ0n) is 11.3. The van der Waals surface area contributed by atoms with Crippen LogP contribution >= 0.6 is 0 Å².